The number of allylic oxidation sites excluding steroid dienone is 8. The van der Waals surface area contributed by atoms with Crippen LogP contribution in [0.15, 0.2) is 47.6 Å². The van der Waals surface area contributed by atoms with Crippen molar-refractivity contribution in [2.75, 3.05) is 0 Å². The van der Waals surface area contributed by atoms with Gasteiger partial charge in [-0.25, -0.2) is 0 Å². The zero-order valence-electron chi connectivity index (χ0n) is 22.5. The molecule has 0 nitrogen and oxygen atoms in total. The molecule has 2 fully saturated rings. The zero-order chi connectivity index (χ0) is 22.9. The second-order valence-electron chi connectivity index (χ2n) is 11.8. The predicted molar refractivity (Wildman–Crippen MR) is 141 cm³/mol. The van der Waals surface area contributed by atoms with Gasteiger partial charge in [0.1, 0.15) is 0 Å². The van der Waals surface area contributed by atoms with Crippen LogP contribution in [0, 0.1) is 23.7 Å². The molecule has 4 aliphatic rings. The first kappa shape index (κ1) is 31.6. The summed E-state index contributed by atoms with van der Waals surface area (Å²) in [6, 6.07) is 0. The Morgan fingerprint density at radius 3 is 1.26 bits per heavy atom. The molecule has 0 radical (unpaired) electrons. The van der Waals surface area contributed by atoms with Gasteiger partial charge in [0.25, 0.3) is 0 Å². The second kappa shape index (κ2) is 17.1. The van der Waals surface area contributed by atoms with Crippen LogP contribution >= 0.6 is 0 Å². The molecule has 6 unspecified atom stereocenters. The predicted octanol–water partition coefficient (Wildman–Crippen LogP) is 4.42. The third-order valence-electron chi connectivity index (χ3n) is 9.19. The Bertz CT molecular complexity index is 661. The van der Waals surface area contributed by atoms with Crippen LogP contribution in [0.25, 0.3) is 0 Å². The molecule has 2 saturated carbocycles. The molecule has 0 N–H and O–H groups in total. The topological polar surface area (TPSA) is 0 Å². The Balaban J connectivity index is 0.00000216. The van der Waals surface area contributed by atoms with E-state index < -0.39 is 23.2 Å². The fourth-order valence-corrected chi connectivity index (χ4v) is 12.9. The van der Waals surface area contributed by atoms with Crippen LogP contribution in [0.2, 0.25) is 7.25 Å². The van der Waals surface area contributed by atoms with Gasteiger partial charge in [-0.05, 0) is 0 Å². The molecule has 35 heavy (non-hydrogen) atoms. The number of rotatable bonds is 2. The van der Waals surface area contributed by atoms with Crippen LogP contribution in [0.4, 0.5) is 0 Å². The first-order chi connectivity index (χ1) is 16.2. The van der Waals surface area contributed by atoms with Gasteiger partial charge in [-0.2, -0.15) is 0 Å². The van der Waals surface area contributed by atoms with Gasteiger partial charge in [0.2, 0.25) is 0 Å². The van der Waals surface area contributed by atoms with Gasteiger partial charge in [-0.15, -0.1) is 0 Å². The van der Waals surface area contributed by atoms with Gasteiger partial charge >= 0.3 is 218 Å². The Morgan fingerprint density at radius 2 is 0.857 bits per heavy atom. The second-order valence-corrected chi connectivity index (χ2v) is 15.7. The van der Waals surface area contributed by atoms with E-state index in [2.05, 4.69) is 50.3 Å². The Morgan fingerprint density at radius 1 is 0.514 bits per heavy atom. The van der Waals surface area contributed by atoms with Crippen molar-refractivity contribution in [1.29, 1.82) is 0 Å². The van der Waals surface area contributed by atoms with Crippen molar-refractivity contribution in [3.05, 3.63) is 47.6 Å². The van der Waals surface area contributed by atoms with Gasteiger partial charge in [-0.1, -0.05) is 0 Å². The molecule has 4 rings (SSSR count). The molecule has 0 aromatic heterocycles. The smallest absolute Gasteiger partial charge is 1.00 e. The molecule has 196 valence electrons. The summed E-state index contributed by atoms with van der Waals surface area (Å²) < 4.78 is 1.88. The van der Waals surface area contributed by atoms with E-state index in [4.69, 9.17) is 0 Å². The molecule has 0 aromatic rings. The van der Waals surface area contributed by atoms with Crippen molar-refractivity contribution in [3.8, 4) is 0 Å². The van der Waals surface area contributed by atoms with Crippen molar-refractivity contribution < 1.29 is 48.0 Å². The number of hydrogen-bond donors (Lipinski definition) is 0. The van der Waals surface area contributed by atoms with Crippen LogP contribution in [-0.2, 0) is 23.2 Å². The average molecular weight is 597 g/mol. The van der Waals surface area contributed by atoms with E-state index in [1.807, 2.05) is 11.1 Å². The van der Waals surface area contributed by atoms with Crippen LogP contribution in [0.1, 0.15) is 117 Å². The summed E-state index contributed by atoms with van der Waals surface area (Å²) in [4.78, 5) is 0. The van der Waals surface area contributed by atoms with E-state index in [0.717, 1.165) is 30.9 Å². The summed E-state index contributed by atoms with van der Waals surface area (Å²) in [5.74, 6) is 3.33. The SMILES string of the molecule is CC1CCCCCCCCC2C=CC=C2[CH]1[Zr+2][CH]1C2=CC=CC2CCCCCCCCC1C.[Cl-].[Cl-]. The van der Waals surface area contributed by atoms with Crippen molar-refractivity contribution >= 4 is 0 Å². The Hall–Kier alpha value is 0.423. The molecule has 4 aliphatic carbocycles. The quantitative estimate of drug-likeness (QED) is 0.443. The maximum Gasteiger partial charge on any atom is -1.00 e. The van der Waals surface area contributed by atoms with E-state index in [1.54, 1.807) is 0 Å². The third-order valence-corrected chi connectivity index (χ3v) is 15.4. The molecule has 6 atom stereocenters. The van der Waals surface area contributed by atoms with Gasteiger partial charge in [0.15, 0.2) is 0 Å². The summed E-state index contributed by atoms with van der Waals surface area (Å²) in [7, 11) is 0. The molecular weight excluding hydrogens is 546 g/mol. The van der Waals surface area contributed by atoms with Crippen LogP contribution in [0.5, 0.6) is 0 Å². The number of hydrogen-bond acceptors (Lipinski definition) is 0. The number of fused-ring (bicyclic) bond motifs is 2. The van der Waals surface area contributed by atoms with E-state index in [9.17, 15) is 0 Å². The summed E-state index contributed by atoms with van der Waals surface area (Å²) in [6.45, 7) is 5.29. The molecule has 0 amide bonds. The average Bonchev–Trinajstić information content (AvgIpc) is 3.46. The van der Waals surface area contributed by atoms with Crippen LogP contribution in [-0.4, -0.2) is 0 Å². The van der Waals surface area contributed by atoms with Gasteiger partial charge in [-0.3, -0.25) is 0 Å². The fraction of sp³-hybridized carbons (Fsp3) is 0.750. The molecule has 0 bridgehead atoms. The monoisotopic (exact) mass is 594 g/mol. The normalized spacial score (nSPS) is 34.6. The van der Waals surface area contributed by atoms with Gasteiger partial charge < -0.3 is 24.8 Å². The van der Waals surface area contributed by atoms with Crippen molar-refractivity contribution in [2.45, 2.75) is 124 Å². The Kier molecular flexibility index (Phi) is 15.5. The summed E-state index contributed by atoms with van der Waals surface area (Å²) >= 11 is -0.633. The van der Waals surface area contributed by atoms with Crippen molar-refractivity contribution in [3.63, 3.8) is 0 Å². The molecule has 0 aliphatic heterocycles. The van der Waals surface area contributed by atoms with E-state index in [-0.39, 0.29) is 24.8 Å². The molecule has 3 heteroatoms. The minimum absolute atomic E-state index is 0. The molecular formula is C32H50Cl2Zr. The standard InChI is InChI=1S/2C16H25.2ClH.Zr/c2*1-14-9-6-4-2-3-5-7-10-15-11-8-12-16(15)13-14;;;/h2*8,11-15H,2-7,9-10H2,1H3;2*1H;/q;;;;+2/p-2. The number of halogens is 2. The fourth-order valence-electron chi connectivity index (χ4n) is 7.05. The molecule has 0 heterocycles. The minimum Gasteiger partial charge on any atom is -1.00 e. The molecule has 0 spiro atoms. The maximum absolute atomic E-state index is 2.65. The van der Waals surface area contributed by atoms with E-state index in [0.29, 0.717) is 0 Å². The largest absolute Gasteiger partial charge is 1.00 e. The summed E-state index contributed by atoms with van der Waals surface area (Å²) in [5.41, 5.74) is 3.77. The van der Waals surface area contributed by atoms with Crippen molar-refractivity contribution in [2.24, 2.45) is 23.7 Å². The van der Waals surface area contributed by atoms with Gasteiger partial charge in [0, 0.05) is 0 Å². The van der Waals surface area contributed by atoms with Gasteiger partial charge in [0.05, 0.1) is 0 Å². The molecule has 0 saturated heterocycles. The first-order valence-electron chi connectivity index (χ1n) is 14.8. The molecule has 0 aromatic carbocycles. The Labute approximate surface area is 241 Å². The van der Waals surface area contributed by atoms with Crippen LogP contribution < -0.4 is 24.8 Å². The first-order valence-corrected chi connectivity index (χ1v) is 17.6. The van der Waals surface area contributed by atoms with E-state index in [1.165, 1.54) is 103 Å². The van der Waals surface area contributed by atoms with Crippen molar-refractivity contribution in [1.82, 2.24) is 0 Å². The minimum atomic E-state index is -0.633. The maximum atomic E-state index is 2.65. The van der Waals surface area contributed by atoms with E-state index >= 15 is 0 Å². The van der Waals surface area contributed by atoms with Crippen LogP contribution in [0.3, 0.4) is 0 Å². The summed E-state index contributed by atoms with van der Waals surface area (Å²) in [5, 5.41) is 0. The third kappa shape index (κ3) is 9.29. The summed E-state index contributed by atoms with van der Waals surface area (Å²) in [6.07, 6.45) is 38.5. The zero-order valence-corrected chi connectivity index (χ0v) is 26.5.